The van der Waals surface area contributed by atoms with Gasteiger partial charge in [-0.05, 0) is 52.7 Å². The lowest BCUT2D eigenvalue weighted by atomic mass is 10.1. The van der Waals surface area contributed by atoms with Crippen molar-refractivity contribution in [1.29, 1.82) is 0 Å². The van der Waals surface area contributed by atoms with E-state index in [1.807, 2.05) is 33.8 Å². The predicted octanol–water partition coefficient (Wildman–Crippen LogP) is 4.22. The molecule has 0 aromatic heterocycles. The van der Waals surface area contributed by atoms with Gasteiger partial charge in [0.2, 0.25) is 10.0 Å². The van der Waals surface area contributed by atoms with E-state index in [0.717, 1.165) is 30.4 Å². The number of ether oxygens (including phenoxy) is 1. The van der Waals surface area contributed by atoms with Gasteiger partial charge in [0, 0.05) is 6.54 Å². The molecule has 0 saturated carbocycles. The molecule has 1 aliphatic rings. The van der Waals surface area contributed by atoms with Crippen molar-refractivity contribution in [2.75, 3.05) is 6.54 Å². The van der Waals surface area contributed by atoms with Gasteiger partial charge in [-0.2, -0.15) is 4.31 Å². The number of aryl methyl sites for hydroxylation is 1. The number of benzene rings is 1. The Kier molecular flexibility index (Phi) is 6.87. The minimum absolute atomic E-state index is 0.0258. The van der Waals surface area contributed by atoms with Crippen molar-refractivity contribution in [3.05, 3.63) is 41.5 Å². The number of hydrogen-bond acceptors (Lipinski definition) is 4. The Morgan fingerprint density at radius 2 is 1.85 bits per heavy atom. The van der Waals surface area contributed by atoms with E-state index < -0.39 is 21.7 Å². The van der Waals surface area contributed by atoms with Crippen LogP contribution in [0.2, 0.25) is 0 Å². The second-order valence-corrected chi connectivity index (χ2v) is 10.0. The molecule has 0 radical (unpaired) electrons. The zero-order valence-electron chi connectivity index (χ0n) is 17.0. The second kappa shape index (κ2) is 8.57. The quantitative estimate of drug-likeness (QED) is 0.514. The van der Waals surface area contributed by atoms with Crippen LogP contribution in [0.25, 0.3) is 0 Å². The summed E-state index contributed by atoms with van der Waals surface area (Å²) < 4.78 is 33.2. The van der Waals surface area contributed by atoms with E-state index in [1.54, 1.807) is 24.3 Å². The van der Waals surface area contributed by atoms with Crippen molar-refractivity contribution < 1.29 is 17.9 Å². The number of unbranched alkanes of at least 4 members (excludes halogenated alkanes) is 1. The third kappa shape index (κ3) is 5.91. The van der Waals surface area contributed by atoms with Gasteiger partial charge in [-0.25, -0.2) is 8.42 Å². The molecule has 6 heteroatoms. The maximum Gasteiger partial charge on any atom is 0.308 e. The van der Waals surface area contributed by atoms with Crippen molar-refractivity contribution in [3.63, 3.8) is 0 Å². The highest BCUT2D eigenvalue weighted by molar-refractivity contribution is 7.89. The lowest BCUT2D eigenvalue weighted by Gasteiger charge is -2.25. The van der Waals surface area contributed by atoms with Crippen molar-refractivity contribution >= 4 is 16.0 Å². The molecule has 2 rings (SSSR count). The van der Waals surface area contributed by atoms with Crippen molar-refractivity contribution in [1.82, 2.24) is 4.31 Å². The fraction of sp³-hybridized carbons (Fsp3) is 0.571. The number of sulfonamides is 1. The Hall–Kier alpha value is -1.66. The first kappa shape index (κ1) is 21.6. The van der Waals surface area contributed by atoms with Gasteiger partial charge in [0.25, 0.3) is 0 Å². The molecule has 1 aliphatic heterocycles. The summed E-state index contributed by atoms with van der Waals surface area (Å²) in [5.74, 6) is -0.385. The Balaban J connectivity index is 2.26. The van der Waals surface area contributed by atoms with Gasteiger partial charge >= 0.3 is 5.97 Å². The molecule has 0 bridgehead atoms. The van der Waals surface area contributed by atoms with Crippen LogP contribution in [0.1, 0.15) is 58.9 Å². The highest BCUT2D eigenvalue weighted by atomic mass is 32.2. The minimum atomic E-state index is -3.68. The normalized spacial score (nSPS) is 18.4. The number of hydrogen-bond donors (Lipinski definition) is 0. The smallest absolute Gasteiger partial charge is 0.308 e. The molecule has 1 heterocycles. The molecule has 0 saturated heterocycles. The van der Waals surface area contributed by atoms with Crippen molar-refractivity contribution in [2.45, 2.75) is 76.8 Å². The number of nitrogens with zero attached hydrogens (tertiary/aromatic N) is 1. The summed E-state index contributed by atoms with van der Waals surface area (Å²) in [6.45, 7) is 9.79. The summed E-state index contributed by atoms with van der Waals surface area (Å²) in [5.41, 5.74) is 1.48. The monoisotopic (exact) mass is 393 g/mol. The van der Waals surface area contributed by atoms with Crippen LogP contribution in [-0.4, -0.2) is 36.9 Å². The van der Waals surface area contributed by atoms with E-state index >= 15 is 0 Å². The molecular weight excluding hydrogens is 362 g/mol. The van der Waals surface area contributed by atoms with Crippen LogP contribution in [0.4, 0.5) is 0 Å². The first-order chi connectivity index (χ1) is 12.5. The molecule has 1 atom stereocenters. The fourth-order valence-electron chi connectivity index (χ4n) is 3.12. The van der Waals surface area contributed by atoms with Crippen LogP contribution in [0.5, 0.6) is 0 Å². The van der Waals surface area contributed by atoms with Gasteiger partial charge in [0.1, 0.15) is 5.60 Å². The van der Waals surface area contributed by atoms with E-state index in [9.17, 15) is 13.2 Å². The van der Waals surface area contributed by atoms with E-state index in [4.69, 9.17) is 4.74 Å². The maximum atomic E-state index is 13.2. The van der Waals surface area contributed by atoms with Crippen LogP contribution in [0, 0.1) is 6.92 Å². The fourth-order valence-corrected chi connectivity index (χ4v) is 4.69. The maximum absolute atomic E-state index is 13.2. The zero-order chi connectivity index (χ0) is 20.2. The molecule has 1 aromatic rings. The first-order valence-corrected chi connectivity index (χ1v) is 11.0. The SMILES string of the molecule is CCCCC1=CC(CC(=O)OC(C)(C)C)N(S(=O)(=O)c2ccc(C)cc2)C1. The second-order valence-electron chi connectivity index (χ2n) is 8.15. The number of carbonyl (C=O) groups is 1. The number of esters is 1. The average molecular weight is 394 g/mol. The van der Waals surface area contributed by atoms with Gasteiger partial charge in [0.15, 0.2) is 0 Å². The summed E-state index contributed by atoms with van der Waals surface area (Å²) in [5, 5.41) is 0. The highest BCUT2D eigenvalue weighted by Crippen LogP contribution is 2.30. The molecule has 1 unspecified atom stereocenters. The third-order valence-corrected chi connectivity index (χ3v) is 6.32. The molecule has 0 fully saturated rings. The number of carbonyl (C=O) groups excluding carboxylic acids is 1. The molecule has 1 aromatic carbocycles. The van der Waals surface area contributed by atoms with Crippen LogP contribution in [-0.2, 0) is 19.6 Å². The average Bonchev–Trinajstić information content (AvgIpc) is 2.95. The Morgan fingerprint density at radius 3 is 2.41 bits per heavy atom. The molecule has 0 aliphatic carbocycles. The summed E-state index contributed by atoms with van der Waals surface area (Å²) in [6.07, 6.45) is 4.85. The van der Waals surface area contributed by atoms with E-state index in [0.29, 0.717) is 6.54 Å². The van der Waals surface area contributed by atoms with Crippen LogP contribution in [0.15, 0.2) is 40.8 Å². The topological polar surface area (TPSA) is 63.7 Å². The van der Waals surface area contributed by atoms with Gasteiger partial charge in [-0.3, -0.25) is 4.79 Å². The van der Waals surface area contributed by atoms with E-state index in [2.05, 4.69) is 6.92 Å². The van der Waals surface area contributed by atoms with Gasteiger partial charge in [-0.15, -0.1) is 0 Å². The van der Waals surface area contributed by atoms with Crippen molar-refractivity contribution in [3.8, 4) is 0 Å². The molecule has 0 amide bonds. The van der Waals surface area contributed by atoms with E-state index in [-0.39, 0.29) is 17.3 Å². The molecule has 0 N–H and O–H groups in total. The van der Waals surface area contributed by atoms with Crippen LogP contribution in [0.3, 0.4) is 0 Å². The minimum Gasteiger partial charge on any atom is -0.460 e. The standard InChI is InChI=1S/C21H31NO4S/c1-6-7-8-17-13-18(14-20(23)26-21(3,4)5)22(15-17)27(24,25)19-11-9-16(2)10-12-19/h9-13,18H,6-8,14-15H2,1-5H3. The molecule has 0 spiro atoms. The van der Waals surface area contributed by atoms with E-state index in [1.165, 1.54) is 4.31 Å². The first-order valence-electron chi connectivity index (χ1n) is 9.53. The molecule has 150 valence electrons. The lowest BCUT2D eigenvalue weighted by Crippen LogP contribution is -2.38. The Morgan fingerprint density at radius 1 is 1.22 bits per heavy atom. The zero-order valence-corrected chi connectivity index (χ0v) is 17.8. The lowest BCUT2D eigenvalue weighted by molar-refractivity contribution is -0.155. The van der Waals surface area contributed by atoms with Gasteiger partial charge in [0.05, 0.1) is 17.4 Å². The summed E-state index contributed by atoms with van der Waals surface area (Å²) >= 11 is 0. The Labute approximate surface area is 163 Å². The summed E-state index contributed by atoms with van der Waals surface area (Å²) in [4.78, 5) is 12.6. The molecule has 27 heavy (non-hydrogen) atoms. The Bertz CT molecular complexity index is 788. The largest absolute Gasteiger partial charge is 0.460 e. The summed E-state index contributed by atoms with van der Waals surface area (Å²) in [6, 6.07) is 6.32. The predicted molar refractivity (Wildman–Crippen MR) is 107 cm³/mol. The highest BCUT2D eigenvalue weighted by Gasteiger charge is 2.37. The van der Waals surface area contributed by atoms with Gasteiger partial charge in [-0.1, -0.05) is 42.7 Å². The molecular formula is C21H31NO4S. The third-order valence-electron chi connectivity index (χ3n) is 4.43. The number of rotatable bonds is 7. The summed E-state index contributed by atoms with van der Waals surface area (Å²) in [7, 11) is -3.68. The van der Waals surface area contributed by atoms with Crippen LogP contribution >= 0.6 is 0 Å². The van der Waals surface area contributed by atoms with Gasteiger partial charge < -0.3 is 4.74 Å². The molecule has 5 nitrogen and oxygen atoms in total. The van der Waals surface area contributed by atoms with Crippen molar-refractivity contribution in [2.24, 2.45) is 0 Å². The van der Waals surface area contributed by atoms with Crippen LogP contribution < -0.4 is 0 Å².